The SMILES string of the molecule is CCCCNc1cc(N)ncn1. The number of anilines is 2. The summed E-state index contributed by atoms with van der Waals surface area (Å²) in [6.07, 6.45) is 3.78. The molecule has 0 aliphatic heterocycles. The molecule has 0 unspecified atom stereocenters. The number of nitrogens with one attached hydrogen (secondary N) is 1. The lowest BCUT2D eigenvalue weighted by atomic mass is 10.3. The van der Waals surface area contributed by atoms with Crippen LogP contribution in [0.15, 0.2) is 12.4 Å². The fourth-order valence-electron chi connectivity index (χ4n) is 0.862. The minimum absolute atomic E-state index is 0.504. The van der Waals surface area contributed by atoms with Gasteiger partial charge in [-0.15, -0.1) is 0 Å². The molecule has 1 rings (SSSR count). The van der Waals surface area contributed by atoms with E-state index < -0.39 is 0 Å². The van der Waals surface area contributed by atoms with Crippen LogP contribution in [0.4, 0.5) is 11.6 Å². The van der Waals surface area contributed by atoms with Crippen LogP contribution in [0.3, 0.4) is 0 Å². The Kier molecular flexibility index (Phi) is 3.32. The lowest BCUT2D eigenvalue weighted by molar-refractivity contribution is 0.830. The maximum atomic E-state index is 5.47. The number of rotatable bonds is 4. The molecule has 0 aliphatic rings. The normalized spacial score (nSPS) is 9.75. The summed E-state index contributed by atoms with van der Waals surface area (Å²) in [5.74, 6) is 1.31. The Morgan fingerprint density at radius 2 is 2.33 bits per heavy atom. The van der Waals surface area contributed by atoms with Gasteiger partial charge in [0.15, 0.2) is 0 Å². The number of nitrogens with zero attached hydrogens (tertiary/aromatic N) is 2. The molecule has 1 aromatic heterocycles. The van der Waals surface area contributed by atoms with Gasteiger partial charge >= 0.3 is 0 Å². The number of nitrogen functional groups attached to an aromatic ring is 1. The molecular weight excluding hydrogens is 152 g/mol. The smallest absolute Gasteiger partial charge is 0.131 e. The van der Waals surface area contributed by atoms with Gasteiger partial charge in [0.1, 0.15) is 18.0 Å². The summed E-state index contributed by atoms with van der Waals surface area (Å²) in [5.41, 5.74) is 5.47. The van der Waals surface area contributed by atoms with Gasteiger partial charge in [-0.25, -0.2) is 9.97 Å². The molecule has 1 aromatic rings. The van der Waals surface area contributed by atoms with Crippen molar-refractivity contribution in [3.8, 4) is 0 Å². The summed E-state index contributed by atoms with van der Waals surface area (Å²) in [7, 11) is 0. The molecule has 0 radical (unpaired) electrons. The number of unbranched alkanes of at least 4 members (excludes halogenated alkanes) is 1. The molecule has 0 saturated heterocycles. The van der Waals surface area contributed by atoms with E-state index in [1.807, 2.05) is 0 Å². The van der Waals surface area contributed by atoms with E-state index in [9.17, 15) is 0 Å². The molecule has 1 heterocycles. The van der Waals surface area contributed by atoms with E-state index in [0.29, 0.717) is 5.82 Å². The Labute approximate surface area is 72.2 Å². The molecule has 0 spiro atoms. The van der Waals surface area contributed by atoms with Gasteiger partial charge in [-0.1, -0.05) is 13.3 Å². The largest absolute Gasteiger partial charge is 0.384 e. The van der Waals surface area contributed by atoms with Gasteiger partial charge in [-0.2, -0.15) is 0 Å². The Morgan fingerprint density at radius 1 is 1.50 bits per heavy atom. The molecular formula is C8H14N4. The Bertz CT molecular complexity index is 236. The van der Waals surface area contributed by atoms with E-state index in [-0.39, 0.29) is 0 Å². The number of hydrogen-bond acceptors (Lipinski definition) is 4. The van der Waals surface area contributed by atoms with Crippen LogP contribution in [0.2, 0.25) is 0 Å². The van der Waals surface area contributed by atoms with Crippen molar-refractivity contribution >= 4 is 11.6 Å². The first kappa shape index (κ1) is 8.77. The lowest BCUT2D eigenvalue weighted by Gasteiger charge is -2.03. The summed E-state index contributed by atoms with van der Waals surface area (Å²) in [6, 6.07) is 1.73. The van der Waals surface area contributed by atoms with E-state index in [0.717, 1.165) is 18.8 Å². The minimum atomic E-state index is 0.504. The van der Waals surface area contributed by atoms with Crippen molar-refractivity contribution in [2.45, 2.75) is 19.8 Å². The maximum absolute atomic E-state index is 5.47. The fourth-order valence-corrected chi connectivity index (χ4v) is 0.862. The highest BCUT2D eigenvalue weighted by molar-refractivity contribution is 5.42. The van der Waals surface area contributed by atoms with E-state index in [1.165, 1.54) is 12.7 Å². The second-order valence-electron chi connectivity index (χ2n) is 2.61. The number of aromatic nitrogens is 2. The van der Waals surface area contributed by atoms with Crippen LogP contribution < -0.4 is 11.1 Å². The highest BCUT2D eigenvalue weighted by Crippen LogP contribution is 2.04. The van der Waals surface area contributed by atoms with E-state index >= 15 is 0 Å². The van der Waals surface area contributed by atoms with Crippen molar-refractivity contribution in [1.29, 1.82) is 0 Å². The highest BCUT2D eigenvalue weighted by atomic mass is 15.0. The highest BCUT2D eigenvalue weighted by Gasteiger charge is 1.92. The van der Waals surface area contributed by atoms with Crippen molar-refractivity contribution < 1.29 is 0 Å². The number of nitrogens with two attached hydrogens (primary N) is 1. The predicted octanol–water partition coefficient (Wildman–Crippen LogP) is 1.27. The minimum Gasteiger partial charge on any atom is -0.384 e. The van der Waals surface area contributed by atoms with Gasteiger partial charge < -0.3 is 11.1 Å². The van der Waals surface area contributed by atoms with Crippen LogP contribution in [-0.4, -0.2) is 16.5 Å². The maximum Gasteiger partial charge on any atom is 0.131 e. The van der Waals surface area contributed by atoms with Crippen LogP contribution in [0, 0.1) is 0 Å². The predicted molar refractivity (Wildman–Crippen MR) is 49.8 cm³/mol. The molecule has 12 heavy (non-hydrogen) atoms. The Morgan fingerprint density at radius 3 is 3.00 bits per heavy atom. The van der Waals surface area contributed by atoms with Gasteiger partial charge in [0.2, 0.25) is 0 Å². The summed E-state index contributed by atoms with van der Waals surface area (Å²) < 4.78 is 0. The van der Waals surface area contributed by atoms with Crippen LogP contribution in [0.25, 0.3) is 0 Å². The molecule has 0 fully saturated rings. The molecule has 0 aromatic carbocycles. The number of hydrogen-bond donors (Lipinski definition) is 2. The standard InChI is InChI=1S/C8H14N4/c1-2-3-4-10-8-5-7(9)11-6-12-8/h5-6H,2-4H2,1H3,(H3,9,10,11,12). The molecule has 0 amide bonds. The zero-order valence-corrected chi connectivity index (χ0v) is 7.25. The summed E-state index contributed by atoms with van der Waals surface area (Å²) in [4.78, 5) is 7.80. The van der Waals surface area contributed by atoms with Crippen molar-refractivity contribution in [2.24, 2.45) is 0 Å². The lowest BCUT2D eigenvalue weighted by Crippen LogP contribution is -2.03. The van der Waals surface area contributed by atoms with Crippen LogP contribution in [0.5, 0.6) is 0 Å². The fraction of sp³-hybridized carbons (Fsp3) is 0.500. The average Bonchev–Trinajstić information content (AvgIpc) is 2.05. The molecule has 0 aliphatic carbocycles. The van der Waals surface area contributed by atoms with Crippen molar-refractivity contribution in [3.63, 3.8) is 0 Å². The third kappa shape index (κ3) is 2.74. The zero-order chi connectivity index (χ0) is 8.81. The summed E-state index contributed by atoms with van der Waals surface area (Å²) >= 11 is 0. The van der Waals surface area contributed by atoms with Crippen molar-refractivity contribution in [3.05, 3.63) is 12.4 Å². The molecule has 0 saturated carbocycles. The zero-order valence-electron chi connectivity index (χ0n) is 7.25. The summed E-state index contributed by atoms with van der Waals surface area (Å²) in [6.45, 7) is 3.09. The molecule has 0 bridgehead atoms. The second kappa shape index (κ2) is 4.54. The molecule has 66 valence electrons. The quantitative estimate of drug-likeness (QED) is 0.661. The van der Waals surface area contributed by atoms with Gasteiger partial charge in [0, 0.05) is 12.6 Å². The summed E-state index contributed by atoms with van der Waals surface area (Å²) in [5, 5.41) is 3.16. The molecule has 3 N–H and O–H groups in total. The van der Waals surface area contributed by atoms with Gasteiger partial charge in [-0.3, -0.25) is 0 Å². The third-order valence-corrected chi connectivity index (χ3v) is 1.52. The van der Waals surface area contributed by atoms with Gasteiger partial charge in [-0.05, 0) is 6.42 Å². The van der Waals surface area contributed by atoms with E-state index in [2.05, 4.69) is 22.2 Å². The first-order chi connectivity index (χ1) is 5.83. The average molecular weight is 166 g/mol. The monoisotopic (exact) mass is 166 g/mol. The van der Waals surface area contributed by atoms with E-state index in [4.69, 9.17) is 5.73 Å². The first-order valence-corrected chi connectivity index (χ1v) is 4.14. The third-order valence-electron chi connectivity index (χ3n) is 1.52. The van der Waals surface area contributed by atoms with Crippen LogP contribution in [0.1, 0.15) is 19.8 Å². The van der Waals surface area contributed by atoms with Crippen LogP contribution >= 0.6 is 0 Å². The second-order valence-corrected chi connectivity index (χ2v) is 2.61. The Balaban J connectivity index is 2.41. The molecule has 4 nitrogen and oxygen atoms in total. The van der Waals surface area contributed by atoms with Crippen molar-refractivity contribution in [1.82, 2.24) is 9.97 Å². The van der Waals surface area contributed by atoms with E-state index in [1.54, 1.807) is 6.07 Å². The van der Waals surface area contributed by atoms with Crippen LogP contribution in [-0.2, 0) is 0 Å². The van der Waals surface area contributed by atoms with Gasteiger partial charge in [0.25, 0.3) is 0 Å². The van der Waals surface area contributed by atoms with Gasteiger partial charge in [0.05, 0.1) is 0 Å². The Hall–Kier alpha value is -1.32. The molecule has 0 atom stereocenters. The van der Waals surface area contributed by atoms with Crippen molar-refractivity contribution in [2.75, 3.05) is 17.6 Å². The first-order valence-electron chi connectivity index (χ1n) is 4.14. The topological polar surface area (TPSA) is 63.8 Å². The molecule has 4 heteroatoms.